The van der Waals surface area contributed by atoms with E-state index in [2.05, 4.69) is 19.2 Å². The Morgan fingerprint density at radius 3 is 2.24 bits per heavy atom. The third-order valence-corrected chi connectivity index (χ3v) is 3.18. The molecule has 94 valence electrons. The molecule has 0 bridgehead atoms. The van der Waals surface area contributed by atoms with Crippen LogP contribution < -0.4 is 5.32 Å². The van der Waals surface area contributed by atoms with Gasteiger partial charge in [-0.05, 0) is 37.0 Å². The summed E-state index contributed by atoms with van der Waals surface area (Å²) in [6.45, 7) is 7.83. The van der Waals surface area contributed by atoms with Crippen molar-refractivity contribution in [1.82, 2.24) is 0 Å². The van der Waals surface area contributed by atoms with Crippen LogP contribution in [-0.2, 0) is 4.79 Å². The van der Waals surface area contributed by atoms with E-state index >= 15 is 0 Å². The number of hydrogen-bond donors (Lipinski definition) is 2. The lowest BCUT2D eigenvalue weighted by atomic mass is 9.98. The molecule has 0 fully saturated rings. The van der Waals surface area contributed by atoms with Gasteiger partial charge in [0.2, 0.25) is 0 Å². The predicted molar refractivity (Wildman–Crippen MR) is 70.5 cm³/mol. The molecule has 0 spiro atoms. The lowest BCUT2D eigenvalue weighted by Crippen LogP contribution is -2.42. The van der Waals surface area contributed by atoms with Crippen molar-refractivity contribution in [2.24, 2.45) is 0 Å². The molecule has 2 N–H and O–H groups in total. The summed E-state index contributed by atoms with van der Waals surface area (Å²) in [5, 5.41) is 12.2. The first-order valence-corrected chi connectivity index (χ1v) is 6.00. The summed E-state index contributed by atoms with van der Waals surface area (Å²) >= 11 is 0. The Morgan fingerprint density at radius 2 is 1.88 bits per heavy atom. The molecule has 1 aromatic carbocycles. The average molecular weight is 235 g/mol. The van der Waals surface area contributed by atoms with Gasteiger partial charge in [-0.2, -0.15) is 0 Å². The first kappa shape index (κ1) is 13.6. The van der Waals surface area contributed by atoms with Gasteiger partial charge in [0, 0.05) is 5.69 Å². The van der Waals surface area contributed by atoms with E-state index in [1.54, 1.807) is 6.92 Å². The summed E-state index contributed by atoms with van der Waals surface area (Å²) in [6, 6.07) is 7.94. The van der Waals surface area contributed by atoms with Crippen molar-refractivity contribution >= 4 is 11.7 Å². The minimum absolute atomic E-state index is 0.487. The largest absolute Gasteiger partial charge is 0.480 e. The average Bonchev–Trinajstić information content (AvgIpc) is 2.29. The highest BCUT2D eigenvalue weighted by Gasteiger charge is 2.30. The molecule has 1 aromatic rings. The maximum absolute atomic E-state index is 11.2. The standard InChI is InChI=1S/C14H21NO2/c1-5-14(4,13(16)17)15-12-8-6-11(7-9-12)10(2)3/h6-10,15H,5H2,1-4H3,(H,16,17). The molecule has 0 saturated heterocycles. The quantitative estimate of drug-likeness (QED) is 0.821. The lowest BCUT2D eigenvalue weighted by molar-refractivity contribution is -0.141. The molecular weight excluding hydrogens is 214 g/mol. The zero-order valence-electron chi connectivity index (χ0n) is 10.9. The lowest BCUT2D eigenvalue weighted by Gasteiger charge is -2.26. The second kappa shape index (κ2) is 5.21. The van der Waals surface area contributed by atoms with Gasteiger partial charge in [-0.1, -0.05) is 32.9 Å². The molecular formula is C14H21NO2. The number of anilines is 1. The molecule has 17 heavy (non-hydrogen) atoms. The number of benzene rings is 1. The van der Waals surface area contributed by atoms with E-state index in [1.807, 2.05) is 31.2 Å². The molecule has 0 saturated carbocycles. The van der Waals surface area contributed by atoms with Crippen LogP contribution in [-0.4, -0.2) is 16.6 Å². The number of aliphatic carboxylic acids is 1. The summed E-state index contributed by atoms with van der Waals surface area (Å²) in [5.74, 6) is -0.339. The van der Waals surface area contributed by atoms with E-state index < -0.39 is 11.5 Å². The van der Waals surface area contributed by atoms with Crippen LogP contribution in [0.25, 0.3) is 0 Å². The molecule has 0 amide bonds. The van der Waals surface area contributed by atoms with Crippen molar-refractivity contribution in [3.8, 4) is 0 Å². The van der Waals surface area contributed by atoms with Gasteiger partial charge in [0.25, 0.3) is 0 Å². The Labute approximate surface area is 103 Å². The second-order valence-corrected chi connectivity index (χ2v) is 4.89. The number of rotatable bonds is 5. The summed E-state index contributed by atoms with van der Waals surface area (Å²) in [6.07, 6.45) is 0.536. The molecule has 1 rings (SSSR count). The minimum Gasteiger partial charge on any atom is -0.480 e. The van der Waals surface area contributed by atoms with Gasteiger partial charge in [-0.25, -0.2) is 4.79 Å². The first-order valence-electron chi connectivity index (χ1n) is 6.00. The van der Waals surface area contributed by atoms with Gasteiger partial charge < -0.3 is 10.4 Å². The highest BCUT2D eigenvalue weighted by molar-refractivity contribution is 5.82. The third-order valence-electron chi connectivity index (χ3n) is 3.18. The second-order valence-electron chi connectivity index (χ2n) is 4.89. The van der Waals surface area contributed by atoms with Crippen molar-refractivity contribution < 1.29 is 9.90 Å². The van der Waals surface area contributed by atoms with Crippen LogP contribution in [0, 0.1) is 0 Å². The molecule has 0 radical (unpaired) electrons. The minimum atomic E-state index is -0.903. The number of carboxylic acid groups (broad SMARTS) is 1. The number of nitrogens with one attached hydrogen (secondary N) is 1. The van der Waals surface area contributed by atoms with Crippen molar-refractivity contribution in [3.05, 3.63) is 29.8 Å². The summed E-state index contributed by atoms with van der Waals surface area (Å²) in [4.78, 5) is 11.2. The Balaban J connectivity index is 2.85. The van der Waals surface area contributed by atoms with E-state index in [4.69, 9.17) is 0 Å². The molecule has 3 heteroatoms. The van der Waals surface area contributed by atoms with E-state index in [1.165, 1.54) is 5.56 Å². The van der Waals surface area contributed by atoms with Crippen molar-refractivity contribution in [2.45, 2.75) is 45.6 Å². The Kier molecular flexibility index (Phi) is 4.16. The molecule has 0 aliphatic heterocycles. The Bertz CT molecular complexity index is 384. The fourth-order valence-corrected chi connectivity index (χ4v) is 1.56. The smallest absolute Gasteiger partial charge is 0.329 e. The highest BCUT2D eigenvalue weighted by Crippen LogP contribution is 2.21. The van der Waals surface area contributed by atoms with Gasteiger partial charge in [-0.3, -0.25) is 0 Å². The predicted octanol–water partition coefficient (Wildman–Crippen LogP) is 3.48. The number of hydrogen-bond acceptors (Lipinski definition) is 2. The maximum atomic E-state index is 11.2. The van der Waals surface area contributed by atoms with E-state index in [0.29, 0.717) is 12.3 Å². The third kappa shape index (κ3) is 3.22. The fourth-order valence-electron chi connectivity index (χ4n) is 1.56. The van der Waals surface area contributed by atoms with Crippen LogP contribution in [0.1, 0.15) is 45.6 Å². The molecule has 0 heterocycles. The summed E-state index contributed by atoms with van der Waals surface area (Å²) in [7, 11) is 0. The van der Waals surface area contributed by atoms with Crippen molar-refractivity contribution in [1.29, 1.82) is 0 Å². The van der Waals surface area contributed by atoms with Gasteiger partial charge >= 0.3 is 5.97 Å². The Hall–Kier alpha value is -1.51. The topological polar surface area (TPSA) is 49.3 Å². The van der Waals surface area contributed by atoms with Gasteiger partial charge in [-0.15, -0.1) is 0 Å². The zero-order chi connectivity index (χ0) is 13.1. The monoisotopic (exact) mass is 235 g/mol. The van der Waals surface area contributed by atoms with Crippen LogP contribution in [0.2, 0.25) is 0 Å². The van der Waals surface area contributed by atoms with Crippen LogP contribution in [0.4, 0.5) is 5.69 Å². The Morgan fingerprint density at radius 1 is 1.35 bits per heavy atom. The van der Waals surface area contributed by atoms with Gasteiger partial charge in [0.1, 0.15) is 5.54 Å². The number of carbonyl (C=O) groups is 1. The van der Waals surface area contributed by atoms with Crippen LogP contribution in [0.5, 0.6) is 0 Å². The van der Waals surface area contributed by atoms with E-state index in [0.717, 1.165) is 5.69 Å². The van der Waals surface area contributed by atoms with Gasteiger partial charge in [0.05, 0.1) is 0 Å². The molecule has 1 unspecified atom stereocenters. The van der Waals surface area contributed by atoms with E-state index in [9.17, 15) is 9.90 Å². The molecule has 1 atom stereocenters. The molecule has 3 nitrogen and oxygen atoms in total. The van der Waals surface area contributed by atoms with Crippen molar-refractivity contribution in [2.75, 3.05) is 5.32 Å². The zero-order valence-corrected chi connectivity index (χ0v) is 10.9. The van der Waals surface area contributed by atoms with Crippen LogP contribution in [0.3, 0.4) is 0 Å². The van der Waals surface area contributed by atoms with Crippen molar-refractivity contribution in [3.63, 3.8) is 0 Å². The van der Waals surface area contributed by atoms with Crippen LogP contribution >= 0.6 is 0 Å². The summed E-state index contributed by atoms with van der Waals surface area (Å²) < 4.78 is 0. The molecule has 0 aromatic heterocycles. The molecule has 0 aliphatic carbocycles. The first-order chi connectivity index (χ1) is 7.89. The molecule has 0 aliphatic rings. The van der Waals surface area contributed by atoms with Crippen LogP contribution in [0.15, 0.2) is 24.3 Å². The van der Waals surface area contributed by atoms with Gasteiger partial charge in [0.15, 0.2) is 0 Å². The maximum Gasteiger partial charge on any atom is 0.329 e. The summed E-state index contributed by atoms with van der Waals surface area (Å²) in [5.41, 5.74) is 1.20. The van der Waals surface area contributed by atoms with E-state index in [-0.39, 0.29) is 0 Å². The fraction of sp³-hybridized carbons (Fsp3) is 0.500. The highest BCUT2D eigenvalue weighted by atomic mass is 16.4. The number of carboxylic acids is 1. The normalized spacial score (nSPS) is 14.4. The SMILES string of the molecule is CCC(C)(Nc1ccc(C(C)C)cc1)C(=O)O.